The fourth-order valence-electron chi connectivity index (χ4n) is 3.77. The molecular formula is C22H23Cl2N5O3S2. The summed E-state index contributed by atoms with van der Waals surface area (Å²) in [5.74, 6) is -0.173. The van der Waals surface area contributed by atoms with Crippen molar-refractivity contribution in [2.45, 2.75) is 17.9 Å². The van der Waals surface area contributed by atoms with E-state index in [9.17, 15) is 13.2 Å². The van der Waals surface area contributed by atoms with Crippen LogP contribution in [0.15, 0.2) is 47.4 Å². The van der Waals surface area contributed by atoms with Crippen molar-refractivity contribution in [3.8, 4) is 10.6 Å². The number of anilines is 1. The standard InChI is InChI=1S/C22H23Cl2N5O3S2/c1-14-13-28(10-11-29(14)34(31,32)19-7-5-4-6-17(19)23)22-26-25-20(33-22)15-8-9-16(18(24)12-15)21(30)27(2)3/h4-9,12,14H,10-11,13H2,1-3H3. The first kappa shape index (κ1) is 24.9. The van der Waals surface area contributed by atoms with Gasteiger partial charge < -0.3 is 9.80 Å². The van der Waals surface area contributed by atoms with Gasteiger partial charge in [-0.05, 0) is 31.2 Å². The summed E-state index contributed by atoms with van der Waals surface area (Å²) in [7, 11) is -0.370. The molecule has 1 aliphatic rings. The highest BCUT2D eigenvalue weighted by Crippen LogP contribution is 2.33. The van der Waals surface area contributed by atoms with Crippen LogP contribution in [0, 0.1) is 0 Å². The van der Waals surface area contributed by atoms with Gasteiger partial charge in [-0.2, -0.15) is 4.31 Å². The Morgan fingerprint density at radius 2 is 1.82 bits per heavy atom. The van der Waals surface area contributed by atoms with Crippen LogP contribution >= 0.6 is 34.5 Å². The van der Waals surface area contributed by atoms with Crippen LogP contribution < -0.4 is 4.90 Å². The Labute approximate surface area is 212 Å². The van der Waals surface area contributed by atoms with Gasteiger partial charge in [-0.25, -0.2) is 8.42 Å². The molecule has 3 aromatic rings. The van der Waals surface area contributed by atoms with Crippen LogP contribution in [0.3, 0.4) is 0 Å². The predicted octanol–water partition coefficient (Wildman–Crippen LogP) is 4.11. The molecule has 1 amide bonds. The van der Waals surface area contributed by atoms with Crippen molar-refractivity contribution in [2.75, 3.05) is 38.6 Å². The zero-order valence-electron chi connectivity index (χ0n) is 18.8. The highest BCUT2D eigenvalue weighted by atomic mass is 35.5. The van der Waals surface area contributed by atoms with E-state index >= 15 is 0 Å². The number of aromatic nitrogens is 2. The van der Waals surface area contributed by atoms with E-state index < -0.39 is 10.0 Å². The van der Waals surface area contributed by atoms with Gasteiger partial charge in [0.1, 0.15) is 9.90 Å². The van der Waals surface area contributed by atoms with Crippen LogP contribution in [-0.2, 0) is 10.0 Å². The van der Waals surface area contributed by atoms with Gasteiger partial charge in [0.25, 0.3) is 5.91 Å². The Morgan fingerprint density at radius 3 is 2.47 bits per heavy atom. The number of halogens is 2. The summed E-state index contributed by atoms with van der Waals surface area (Å²) < 4.78 is 27.8. The van der Waals surface area contributed by atoms with Gasteiger partial charge in [0, 0.05) is 45.3 Å². The van der Waals surface area contributed by atoms with Crippen molar-refractivity contribution >= 4 is 55.6 Å². The zero-order chi connectivity index (χ0) is 24.6. The Balaban J connectivity index is 1.50. The molecule has 1 fully saturated rings. The molecule has 0 aliphatic carbocycles. The number of sulfonamides is 1. The molecule has 1 aliphatic heterocycles. The number of hydrogen-bond acceptors (Lipinski definition) is 7. The van der Waals surface area contributed by atoms with Gasteiger partial charge in [0.05, 0.1) is 15.6 Å². The lowest BCUT2D eigenvalue weighted by atomic mass is 10.1. The quantitative estimate of drug-likeness (QED) is 0.484. The summed E-state index contributed by atoms with van der Waals surface area (Å²) in [6.07, 6.45) is 0. The van der Waals surface area contributed by atoms with E-state index in [1.807, 2.05) is 11.8 Å². The van der Waals surface area contributed by atoms with Gasteiger partial charge in [-0.3, -0.25) is 4.79 Å². The minimum atomic E-state index is -3.71. The lowest BCUT2D eigenvalue weighted by molar-refractivity contribution is 0.0828. The molecule has 0 radical (unpaired) electrons. The number of amides is 1. The maximum absolute atomic E-state index is 13.2. The molecule has 12 heteroatoms. The lowest BCUT2D eigenvalue weighted by Gasteiger charge is -2.38. The fraction of sp³-hybridized carbons (Fsp3) is 0.318. The van der Waals surface area contributed by atoms with Gasteiger partial charge >= 0.3 is 0 Å². The van der Waals surface area contributed by atoms with Crippen molar-refractivity contribution in [1.29, 1.82) is 0 Å². The topological polar surface area (TPSA) is 86.7 Å². The lowest BCUT2D eigenvalue weighted by Crippen LogP contribution is -2.54. The Bertz CT molecular complexity index is 1330. The molecule has 180 valence electrons. The van der Waals surface area contributed by atoms with E-state index in [-0.39, 0.29) is 21.9 Å². The van der Waals surface area contributed by atoms with Crippen molar-refractivity contribution in [2.24, 2.45) is 0 Å². The molecule has 0 spiro atoms. The highest BCUT2D eigenvalue weighted by Gasteiger charge is 2.35. The average Bonchev–Trinajstić information content (AvgIpc) is 3.29. The molecule has 1 aromatic heterocycles. The summed E-state index contributed by atoms with van der Waals surface area (Å²) in [4.78, 5) is 15.8. The SMILES string of the molecule is CC1CN(c2nnc(-c3ccc(C(=O)N(C)C)c(Cl)c3)s2)CCN1S(=O)(=O)c1ccccc1Cl. The number of nitrogens with zero attached hydrogens (tertiary/aromatic N) is 5. The smallest absolute Gasteiger partial charge is 0.254 e. The van der Waals surface area contributed by atoms with E-state index in [1.54, 1.807) is 50.5 Å². The van der Waals surface area contributed by atoms with E-state index in [4.69, 9.17) is 23.2 Å². The van der Waals surface area contributed by atoms with Crippen LogP contribution in [0.2, 0.25) is 10.0 Å². The third kappa shape index (κ3) is 4.78. The number of carbonyl (C=O) groups excluding carboxylic acids is 1. The maximum Gasteiger partial charge on any atom is 0.254 e. The Kier molecular flexibility index (Phi) is 7.16. The van der Waals surface area contributed by atoms with Crippen LogP contribution in [0.1, 0.15) is 17.3 Å². The van der Waals surface area contributed by atoms with E-state index in [2.05, 4.69) is 10.2 Å². The first-order valence-corrected chi connectivity index (χ1v) is 13.5. The molecule has 1 saturated heterocycles. The number of hydrogen-bond donors (Lipinski definition) is 0. The van der Waals surface area contributed by atoms with Crippen molar-refractivity contribution in [3.05, 3.63) is 58.1 Å². The number of carbonyl (C=O) groups is 1. The molecule has 1 atom stereocenters. The first-order valence-electron chi connectivity index (χ1n) is 10.5. The van der Waals surface area contributed by atoms with Gasteiger partial charge in [0.15, 0.2) is 0 Å². The first-order chi connectivity index (χ1) is 16.1. The zero-order valence-corrected chi connectivity index (χ0v) is 21.9. The second-order valence-electron chi connectivity index (χ2n) is 8.13. The molecule has 1 unspecified atom stereocenters. The van der Waals surface area contributed by atoms with E-state index in [0.29, 0.717) is 40.4 Å². The monoisotopic (exact) mass is 539 g/mol. The molecule has 0 bridgehead atoms. The molecule has 34 heavy (non-hydrogen) atoms. The minimum absolute atomic E-state index is 0.114. The summed E-state index contributed by atoms with van der Waals surface area (Å²) >= 11 is 13.9. The molecule has 0 saturated carbocycles. The largest absolute Gasteiger partial charge is 0.345 e. The van der Waals surface area contributed by atoms with Gasteiger partial charge in [-0.15, -0.1) is 10.2 Å². The van der Waals surface area contributed by atoms with Crippen LogP contribution in [0.5, 0.6) is 0 Å². The summed E-state index contributed by atoms with van der Waals surface area (Å²) in [6.45, 7) is 3.11. The maximum atomic E-state index is 13.2. The fourth-order valence-corrected chi connectivity index (χ4v) is 7.02. The van der Waals surface area contributed by atoms with Crippen molar-refractivity contribution in [1.82, 2.24) is 19.4 Å². The van der Waals surface area contributed by atoms with Crippen LogP contribution in [0.4, 0.5) is 5.13 Å². The van der Waals surface area contributed by atoms with E-state index in [0.717, 1.165) is 5.56 Å². The summed E-state index contributed by atoms with van der Waals surface area (Å²) in [6, 6.07) is 11.4. The van der Waals surface area contributed by atoms with Crippen molar-refractivity contribution < 1.29 is 13.2 Å². The second kappa shape index (κ2) is 9.79. The third-order valence-electron chi connectivity index (χ3n) is 5.53. The van der Waals surface area contributed by atoms with Gasteiger partial charge in [-0.1, -0.05) is 52.7 Å². The Morgan fingerprint density at radius 1 is 1.09 bits per heavy atom. The third-order valence-corrected chi connectivity index (χ3v) is 9.39. The molecular weight excluding hydrogens is 517 g/mol. The average molecular weight is 540 g/mol. The molecule has 0 N–H and O–H groups in total. The second-order valence-corrected chi connectivity index (χ2v) is 11.8. The van der Waals surface area contributed by atoms with Gasteiger partial charge in [0.2, 0.25) is 15.2 Å². The Hall–Kier alpha value is -2.24. The normalized spacial score (nSPS) is 17.1. The van der Waals surface area contributed by atoms with Crippen molar-refractivity contribution in [3.63, 3.8) is 0 Å². The minimum Gasteiger partial charge on any atom is -0.345 e. The molecule has 2 heterocycles. The van der Waals surface area contributed by atoms with E-state index in [1.165, 1.54) is 26.6 Å². The highest BCUT2D eigenvalue weighted by molar-refractivity contribution is 7.89. The van der Waals surface area contributed by atoms with Crippen LogP contribution in [-0.4, -0.2) is 73.5 Å². The molecule has 8 nitrogen and oxygen atoms in total. The number of rotatable bonds is 5. The predicted molar refractivity (Wildman–Crippen MR) is 135 cm³/mol. The number of piperazine rings is 1. The summed E-state index contributed by atoms with van der Waals surface area (Å²) in [5.41, 5.74) is 1.18. The molecule has 2 aromatic carbocycles. The number of benzene rings is 2. The summed E-state index contributed by atoms with van der Waals surface area (Å²) in [5, 5.41) is 10.5. The van der Waals surface area contributed by atoms with Crippen LogP contribution in [0.25, 0.3) is 10.6 Å². The molecule has 4 rings (SSSR count).